The number of ether oxygens (including phenoxy) is 2. The number of oxazole rings is 1. The smallest absolute Gasteiger partial charge is 0.218 e. The Morgan fingerprint density at radius 1 is 1.23 bits per heavy atom. The lowest BCUT2D eigenvalue weighted by molar-refractivity contribution is -0.0000913. The molecule has 0 spiro atoms. The number of hydrogen-bond acceptors (Lipinski definition) is 6. The van der Waals surface area contributed by atoms with Crippen molar-refractivity contribution in [3.8, 4) is 5.75 Å². The van der Waals surface area contributed by atoms with Gasteiger partial charge >= 0.3 is 0 Å². The maximum atomic E-state index is 13.2. The molecular weight excluding hydrogens is 517 g/mol. The molecule has 0 radical (unpaired) electrons. The largest absolute Gasteiger partial charge is 0.487 e. The van der Waals surface area contributed by atoms with Crippen molar-refractivity contribution in [2.75, 3.05) is 0 Å². The monoisotopic (exact) mass is 541 g/mol. The molecule has 0 aliphatic heterocycles. The molecule has 0 saturated heterocycles. The average molecular weight is 542 g/mol. The summed E-state index contributed by atoms with van der Waals surface area (Å²) >= 11 is 3.34. The molecule has 0 amide bonds. The molecule has 1 N–H and O–H groups in total. The van der Waals surface area contributed by atoms with Crippen molar-refractivity contribution in [2.24, 2.45) is 0 Å². The third-order valence-corrected chi connectivity index (χ3v) is 6.16. The van der Waals surface area contributed by atoms with Crippen LogP contribution >= 0.6 is 15.9 Å². The van der Waals surface area contributed by atoms with Gasteiger partial charge in [-0.05, 0) is 54.8 Å². The van der Waals surface area contributed by atoms with Crippen LogP contribution in [0.1, 0.15) is 47.3 Å². The minimum atomic E-state index is -0.306. The molecule has 35 heavy (non-hydrogen) atoms. The van der Waals surface area contributed by atoms with Gasteiger partial charge in [0.05, 0.1) is 6.61 Å². The highest BCUT2D eigenvalue weighted by Gasteiger charge is 2.12. The van der Waals surface area contributed by atoms with E-state index >= 15 is 0 Å². The SMILES string of the molecule is Cc1c(COC(C)n2ccnc2CO)cccc1OCc1coc(/C=C/c2ccc(F)cc2Br)n1. The van der Waals surface area contributed by atoms with E-state index in [9.17, 15) is 9.50 Å². The molecule has 0 fully saturated rings. The fourth-order valence-electron chi connectivity index (χ4n) is 3.48. The van der Waals surface area contributed by atoms with Crippen LogP contribution in [0.5, 0.6) is 5.75 Å². The third kappa shape index (κ3) is 6.25. The van der Waals surface area contributed by atoms with Crippen molar-refractivity contribution < 1.29 is 23.4 Å². The zero-order chi connectivity index (χ0) is 24.8. The number of rotatable bonds is 10. The van der Waals surface area contributed by atoms with Gasteiger partial charge in [0.1, 0.15) is 48.8 Å². The molecule has 1 atom stereocenters. The lowest BCUT2D eigenvalue weighted by Crippen LogP contribution is -2.12. The summed E-state index contributed by atoms with van der Waals surface area (Å²) in [6.45, 7) is 4.36. The Morgan fingerprint density at radius 2 is 2.09 bits per heavy atom. The molecule has 4 aromatic rings. The molecule has 2 aromatic heterocycles. The molecule has 182 valence electrons. The fourth-order valence-corrected chi connectivity index (χ4v) is 3.96. The van der Waals surface area contributed by atoms with E-state index in [0.29, 0.717) is 28.5 Å². The van der Waals surface area contributed by atoms with Crippen molar-refractivity contribution in [1.29, 1.82) is 0 Å². The number of aliphatic hydroxyl groups is 1. The first-order valence-corrected chi connectivity index (χ1v) is 11.8. The van der Waals surface area contributed by atoms with Crippen LogP contribution in [0, 0.1) is 12.7 Å². The van der Waals surface area contributed by atoms with Crippen molar-refractivity contribution in [3.63, 3.8) is 0 Å². The molecule has 9 heteroatoms. The maximum Gasteiger partial charge on any atom is 0.218 e. The Kier molecular flexibility index (Phi) is 8.12. The van der Waals surface area contributed by atoms with Gasteiger partial charge in [-0.15, -0.1) is 0 Å². The Labute approximate surface area is 211 Å². The summed E-state index contributed by atoms with van der Waals surface area (Å²) in [7, 11) is 0. The summed E-state index contributed by atoms with van der Waals surface area (Å²) in [6.07, 6.45) is 8.20. The lowest BCUT2D eigenvalue weighted by Gasteiger charge is -2.18. The number of hydrogen-bond donors (Lipinski definition) is 1. The Balaban J connectivity index is 1.35. The van der Waals surface area contributed by atoms with E-state index in [2.05, 4.69) is 25.9 Å². The molecule has 0 bridgehead atoms. The van der Waals surface area contributed by atoms with E-state index in [1.54, 1.807) is 41.4 Å². The summed E-state index contributed by atoms with van der Waals surface area (Å²) in [6, 6.07) is 10.3. The summed E-state index contributed by atoms with van der Waals surface area (Å²) in [5.74, 6) is 1.40. The zero-order valence-electron chi connectivity index (χ0n) is 19.3. The molecule has 0 aliphatic rings. The molecule has 0 saturated carbocycles. The molecule has 2 heterocycles. The highest BCUT2D eigenvalue weighted by atomic mass is 79.9. The highest BCUT2D eigenvalue weighted by Crippen LogP contribution is 2.25. The number of aliphatic hydroxyl groups excluding tert-OH is 1. The quantitative estimate of drug-likeness (QED) is 0.263. The number of aromatic nitrogens is 3. The van der Waals surface area contributed by atoms with Gasteiger partial charge in [0, 0.05) is 22.9 Å². The Morgan fingerprint density at radius 3 is 2.89 bits per heavy atom. The predicted octanol–water partition coefficient (Wildman–Crippen LogP) is 6.06. The predicted molar refractivity (Wildman–Crippen MR) is 133 cm³/mol. The van der Waals surface area contributed by atoms with E-state index in [1.807, 2.05) is 32.0 Å². The van der Waals surface area contributed by atoms with Crippen LogP contribution in [-0.4, -0.2) is 19.6 Å². The van der Waals surface area contributed by atoms with Gasteiger partial charge in [0.2, 0.25) is 5.89 Å². The van der Waals surface area contributed by atoms with Crippen LogP contribution in [0.3, 0.4) is 0 Å². The van der Waals surface area contributed by atoms with Crippen LogP contribution in [-0.2, 0) is 24.6 Å². The Hall–Kier alpha value is -3.27. The van der Waals surface area contributed by atoms with Crippen LogP contribution in [0.25, 0.3) is 12.2 Å². The maximum absolute atomic E-state index is 13.2. The summed E-state index contributed by atoms with van der Waals surface area (Å²) in [5.41, 5.74) is 3.42. The van der Waals surface area contributed by atoms with Crippen LogP contribution in [0.2, 0.25) is 0 Å². The van der Waals surface area contributed by atoms with Crippen molar-refractivity contribution in [3.05, 3.63) is 99.4 Å². The number of benzene rings is 2. The van der Waals surface area contributed by atoms with Gasteiger partial charge < -0.3 is 23.6 Å². The van der Waals surface area contributed by atoms with Gasteiger partial charge in [-0.25, -0.2) is 14.4 Å². The molecular formula is C26H25BrFN3O4. The molecule has 4 rings (SSSR count). The molecule has 0 aliphatic carbocycles. The van der Waals surface area contributed by atoms with Gasteiger partial charge in [0.15, 0.2) is 0 Å². The summed E-state index contributed by atoms with van der Waals surface area (Å²) in [4.78, 5) is 8.53. The summed E-state index contributed by atoms with van der Waals surface area (Å²) in [5, 5.41) is 9.39. The second-order valence-electron chi connectivity index (χ2n) is 7.82. The second-order valence-corrected chi connectivity index (χ2v) is 8.68. The first-order chi connectivity index (χ1) is 16.9. The first-order valence-electron chi connectivity index (χ1n) is 11.0. The van der Waals surface area contributed by atoms with Crippen molar-refractivity contribution in [2.45, 2.75) is 39.9 Å². The normalized spacial score (nSPS) is 12.4. The third-order valence-electron chi connectivity index (χ3n) is 5.47. The zero-order valence-corrected chi connectivity index (χ0v) is 20.9. The van der Waals surface area contributed by atoms with Gasteiger partial charge in [-0.2, -0.15) is 0 Å². The number of imidazole rings is 1. The standard InChI is InChI=1S/C26H25BrFN3O4/c1-17-20(14-33-18(2)31-11-10-29-25(31)13-32)4-3-5-24(17)34-15-22-16-35-26(30-22)9-7-19-6-8-21(28)12-23(19)27/h3-12,16,18,32H,13-15H2,1-2H3/b9-7+. The van der Waals surface area contributed by atoms with Gasteiger partial charge in [-0.3, -0.25) is 0 Å². The minimum absolute atomic E-state index is 0.146. The molecule has 7 nitrogen and oxygen atoms in total. The van der Waals surface area contributed by atoms with E-state index < -0.39 is 0 Å². The topological polar surface area (TPSA) is 82.5 Å². The molecule has 1 unspecified atom stereocenters. The number of nitrogens with zero attached hydrogens (tertiary/aromatic N) is 3. The second kappa shape index (κ2) is 11.4. The molecule has 2 aromatic carbocycles. The first kappa shape index (κ1) is 24.8. The van der Waals surface area contributed by atoms with Gasteiger partial charge in [0.25, 0.3) is 0 Å². The van der Waals surface area contributed by atoms with E-state index in [1.165, 1.54) is 12.1 Å². The van der Waals surface area contributed by atoms with E-state index in [-0.39, 0.29) is 25.3 Å². The van der Waals surface area contributed by atoms with Crippen molar-refractivity contribution >= 4 is 28.1 Å². The van der Waals surface area contributed by atoms with Crippen LogP contribution in [0.4, 0.5) is 4.39 Å². The fraction of sp³-hybridized carbons (Fsp3) is 0.231. The lowest BCUT2D eigenvalue weighted by atomic mass is 10.1. The van der Waals surface area contributed by atoms with Gasteiger partial charge in [-0.1, -0.05) is 34.1 Å². The van der Waals surface area contributed by atoms with E-state index in [4.69, 9.17) is 13.9 Å². The number of halogens is 2. The average Bonchev–Trinajstić information content (AvgIpc) is 3.51. The van der Waals surface area contributed by atoms with Crippen LogP contribution in [0.15, 0.2) is 63.9 Å². The highest BCUT2D eigenvalue weighted by molar-refractivity contribution is 9.10. The Bertz CT molecular complexity index is 1320. The van der Waals surface area contributed by atoms with E-state index in [0.717, 1.165) is 22.4 Å². The van der Waals surface area contributed by atoms with Crippen LogP contribution < -0.4 is 4.74 Å². The minimum Gasteiger partial charge on any atom is -0.487 e. The summed E-state index contributed by atoms with van der Waals surface area (Å²) < 4.78 is 33.2. The van der Waals surface area contributed by atoms with Crippen molar-refractivity contribution in [1.82, 2.24) is 14.5 Å².